The molecule has 21 heavy (non-hydrogen) atoms. The van der Waals surface area contributed by atoms with Gasteiger partial charge in [0.15, 0.2) is 0 Å². The van der Waals surface area contributed by atoms with E-state index in [2.05, 4.69) is 24.1 Å². The van der Waals surface area contributed by atoms with E-state index in [0.717, 1.165) is 25.2 Å². The van der Waals surface area contributed by atoms with Gasteiger partial charge in [-0.15, -0.1) is 12.4 Å². The van der Waals surface area contributed by atoms with Gasteiger partial charge in [0.1, 0.15) is 17.3 Å². The zero-order valence-electron chi connectivity index (χ0n) is 12.2. The van der Waals surface area contributed by atoms with Crippen LogP contribution in [0.5, 0.6) is 0 Å². The number of hydrogen-bond acceptors (Lipinski definition) is 3. The lowest BCUT2D eigenvalue weighted by atomic mass is 10.2. The Balaban J connectivity index is 0.00000161. The molecule has 1 fully saturated rings. The zero-order chi connectivity index (χ0) is 14.3. The van der Waals surface area contributed by atoms with E-state index in [1.807, 2.05) is 0 Å². The smallest absolute Gasteiger partial charge is 0.307 e. The molecule has 116 valence electrons. The number of hydrogen-bond donors (Lipinski definition) is 1. The molecular formula is C14H20ClFN4O. The van der Waals surface area contributed by atoms with E-state index in [1.165, 1.54) is 16.7 Å². The molecule has 1 aliphatic heterocycles. The fourth-order valence-corrected chi connectivity index (χ4v) is 2.77. The van der Waals surface area contributed by atoms with Crippen LogP contribution >= 0.6 is 12.4 Å². The Morgan fingerprint density at radius 1 is 1.52 bits per heavy atom. The van der Waals surface area contributed by atoms with Crippen molar-refractivity contribution >= 4 is 18.1 Å². The monoisotopic (exact) mass is 314 g/mol. The fourth-order valence-electron chi connectivity index (χ4n) is 2.77. The number of aromatic nitrogens is 3. The SMILES string of the molecule is CC(C)Cn1c(C2CCCN2)nc2cc(F)cn2c1=O.Cl. The van der Waals surface area contributed by atoms with Crippen LogP contribution in [-0.2, 0) is 6.54 Å². The van der Waals surface area contributed by atoms with Crippen molar-refractivity contribution in [3.63, 3.8) is 0 Å². The van der Waals surface area contributed by atoms with Crippen molar-refractivity contribution in [2.45, 2.75) is 39.3 Å². The Morgan fingerprint density at radius 3 is 2.90 bits per heavy atom. The Hall–Kier alpha value is -1.40. The number of rotatable bonds is 3. The summed E-state index contributed by atoms with van der Waals surface area (Å²) in [7, 11) is 0. The topological polar surface area (TPSA) is 51.3 Å². The van der Waals surface area contributed by atoms with Crippen molar-refractivity contribution < 1.29 is 4.39 Å². The third-order valence-corrected chi connectivity index (χ3v) is 3.63. The van der Waals surface area contributed by atoms with Gasteiger partial charge in [-0.1, -0.05) is 13.8 Å². The number of halogens is 2. The molecule has 0 amide bonds. The first-order chi connectivity index (χ1) is 9.56. The quantitative estimate of drug-likeness (QED) is 0.944. The maximum atomic E-state index is 13.4. The van der Waals surface area contributed by atoms with E-state index < -0.39 is 5.82 Å². The van der Waals surface area contributed by atoms with Gasteiger partial charge < -0.3 is 5.32 Å². The molecule has 1 N–H and O–H groups in total. The first-order valence-corrected chi connectivity index (χ1v) is 7.08. The summed E-state index contributed by atoms with van der Waals surface area (Å²) in [4.78, 5) is 17.1. The van der Waals surface area contributed by atoms with E-state index in [4.69, 9.17) is 0 Å². The highest BCUT2D eigenvalue weighted by atomic mass is 35.5. The minimum absolute atomic E-state index is 0. The Kier molecular flexibility index (Phi) is 4.68. The summed E-state index contributed by atoms with van der Waals surface area (Å²) in [5.74, 6) is 0.626. The van der Waals surface area contributed by atoms with Crippen molar-refractivity contribution in [3.8, 4) is 0 Å². The molecule has 0 bridgehead atoms. The average molecular weight is 315 g/mol. The zero-order valence-corrected chi connectivity index (χ0v) is 13.0. The lowest BCUT2D eigenvalue weighted by Gasteiger charge is -2.18. The highest BCUT2D eigenvalue weighted by Gasteiger charge is 2.23. The number of fused-ring (bicyclic) bond motifs is 1. The predicted molar refractivity (Wildman–Crippen MR) is 81.5 cm³/mol. The van der Waals surface area contributed by atoms with Crippen molar-refractivity contribution in [2.24, 2.45) is 5.92 Å². The van der Waals surface area contributed by atoms with Crippen molar-refractivity contribution in [1.82, 2.24) is 19.3 Å². The van der Waals surface area contributed by atoms with Gasteiger partial charge in [0.2, 0.25) is 0 Å². The van der Waals surface area contributed by atoms with Gasteiger partial charge in [0.25, 0.3) is 0 Å². The van der Waals surface area contributed by atoms with Gasteiger partial charge in [0.05, 0.1) is 12.2 Å². The molecule has 3 heterocycles. The van der Waals surface area contributed by atoms with Crippen molar-refractivity contribution in [1.29, 1.82) is 0 Å². The molecular weight excluding hydrogens is 295 g/mol. The molecule has 1 unspecified atom stereocenters. The highest BCUT2D eigenvalue weighted by molar-refractivity contribution is 5.85. The predicted octanol–water partition coefficient (Wildman–Crippen LogP) is 2.14. The minimum atomic E-state index is -0.428. The van der Waals surface area contributed by atoms with Gasteiger partial charge in [-0.3, -0.25) is 4.57 Å². The molecule has 1 atom stereocenters. The van der Waals surface area contributed by atoms with E-state index >= 15 is 0 Å². The second-order valence-corrected chi connectivity index (χ2v) is 5.79. The third-order valence-electron chi connectivity index (χ3n) is 3.63. The molecule has 0 aliphatic carbocycles. The van der Waals surface area contributed by atoms with Crippen LogP contribution in [-0.4, -0.2) is 20.5 Å². The summed E-state index contributed by atoms with van der Waals surface area (Å²) < 4.78 is 16.3. The fraction of sp³-hybridized carbons (Fsp3) is 0.571. The van der Waals surface area contributed by atoms with E-state index in [-0.39, 0.29) is 24.1 Å². The van der Waals surface area contributed by atoms with Crippen LogP contribution in [0.3, 0.4) is 0 Å². The second kappa shape index (κ2) is 6.15. The Labute approximate surface area is 128 Å². The largest absolute Gasteiger partial charge is 0.335 e. The first kappa shape index (κ1) is 16.0. The molecule has 7 heteroatoms. The first-order valence-electron chi connectivity index (χ1n) is 7.08. The van der Waals surface area contributed by atoms with Crippen LogP contribution in [0.4, 0.5) is 4.39 Å². The van der Waals surface area contributed by atoms with E-state index in [9.17, 15) is 9.18 Å². The van der Waals surface area contributed by atoms with Crippen LogP contribution in [0.15, 0.2) is 17.1 Å². The summed E-state index contributed by atoms with van der Waals surface area (Å²) in [6.45, 7) is 5.63. The van der Waals surface area contributed by atoms with Crippen LogP contribution < -0.4 is 11.0 Å². The minimum Gasteiger partial charge on any atom is -0.307 e. The van der Waals surface area contributed by atoms with Crippen molar-refractivity contribution in [2.75, 3.05) is 6.54 Å². The van der Waals surface area contributed by atoms with Crippen LogP contribution in [0.2, 0.25) is 0 Å². The van der Waals surface area contributed by atoms with Gasteiger partial charge in [-0.2, -0.15) is 0 Å². The summed E-state index contributed by atoms with van der Waals surface area (Å²) >= 11 is 0. The molecule has 1 saturated heterocycles. The molecule has 0 saturated carbocycles. The molecule has 2 aromatic rings. The molecule has 1 aliphatic rings. The second-order valence-electron chi connectivity index (χ2n) is 5.79. The maximum Gasteiger partial charge on any atom is 0.335 e. The standard InChI is InChI=1S/C14H19FN4O.ClH/c1-9(2)7-19-13(11-4-3-5-16-11)17-12-6-10(15)8-18(12)14(19)20;/h6,8-9,11,16H,3-5,7H2,1-2H3;1H. The van der Waals surface area contributed by atoms with Crippen LogP contribution in [0.1, 0.15) is 38.6 Å². The highest BCUT2D eigenvalue weighted by Crippen LogP contribution is 2.21. The molecule has 3 rings (SSSR count). The molecule has 2 aromatic heterocycles. The van der Waals surface area contributed by atoms with Crippen LogP contribution in [0.25, 0.3) is 5.65 Å². The maximum absolute atomic E-state index is 13.4. The lowest BCUT2D eigenvalue weighted by Crippen LogP contribution is -2.34. The average Bonchev–Trinajstić information content (AvgIpc) is 3.00. The number of nitrogens with zero attached hydrogens (tertiary/aromatic N) is 3. The molecule has 0 spiro atoms. The van der Waals surface area contributed by atoms with Gasteiger partial charge in [0, 0.05) is 12.6 Å². The van der Waals surface area contributed by atoms with Gasteiger partial charge >= 0.3 is 5.69 Å². The van der Waals surface area contributed by atoms with E-state index in [0.29, 0.717) is 18.1 Å². The molecule has 0 radical (unpaired) electrons. The summed E-state index contributed by atoms with van der Waals surface area (Å²) in [5, 5.41) is 3.36. The van der Waals surface area contributed by atoms with Gasteiger partial charge in [-0.25, -0.2) is 18.6 Å². The third kappa shape index (κ3) is 2.96. The van der Waals surface area contributed by atoms with Crippen molar-refractivity contribution in [3.05, 3.63) is 34.4 Å². The van der Waals surface area contributed by atoms with Gasteiger partial charge in [-0.05, 0) is 25.3 Å². The summed E-state index contributed by atoms with van der Waals surface area (Å²) in [6.07, 6.45) is 3.24. The summed E-state index contributed by atoms with van der Waals surface area (Å²) in [6, 6.07) is 1.39. The van der Waals surface area contributed by atoms with Crippen LogP contribution in [0, 0.1) is 11.7 Å². The normalized spacial score (nSPS) is 18.4. The molecule has 0 aromatic carbocycles. The number of nitrogens with one attached hydrogen (secondary N) is 1. The lowest BCUT2D eigenvalue weighted by molar-refractivity contribution is 0.445. The summed E-state index contributed by atoms with van der Waals surface area (Å²) in [5.41, 5.74) is 0.174. The van der Waals surface area contributed by atoms with E-state index in [1.54, 1.807) is 4.57 Å². The Bertz CT molecular complexity index is 688. The molecule has 5 nitrogen and oxygen atoms in total. The Morgan fingerprint density at radius 2 is 2.29 bits per heavy atom.